The number of hydrogen-bond donors (Lipinski definition) is 1. The molecular formula is C23H33N3O4. The van der Waals surface area contributed by atoms with Crippen LogP contribution < -0.4 is 4.74 Å². The Morgan fingerprint density at radius 1 is 1.17 bits per heavy atom. The predicted molar refractivity (Wildman–Crippen MR) is 114 cm³/mol. The van der Waals surface area contributed by atoms with Crippen molar-refractivity contribution in [1.82, 2.24) is 15.0 Å². The van der Waals surface area contributed by atoms with E-state index in [1.165, 1.54) is 0 Å². The largest absolute Gasteiger partial charge is 0.474 e. The second-order valence-electron chi connectivity index (χ2n) is 8.62. The number of methoxy groups -OCH3 is 1. The zero-order valence-electron chi connectivity index (χ0n) is 20.5. The molecule has 1 saturated carbocycles. The molecule has 1 atom stereocenters. The topological polar surface area (TPSA) is 86.6 Å². The molecule has 1 aliphatic carbocycles. The van der Waals surface area contributed by atoms with Crippen molar-refractivity contribution < 1.29 is 23.4 Å². The molecule has 2 aliphatic rings. The fraction of sp³-hybridized carbons (Fsp3) is 0.696. The van der Waals surface area contributed by atoms with E-state index in [-0.39, 0.29) is 30.7 Å². The third kappa shape index (κ3) is 5.07. The van der Waals surface area contributed by atoms with Gasteiger partial charge in [0.25, 0.3) is 0 Å². The van der Waals surface area contributed by atoms with Crippen molar-refractivity contribution >= 4 is 10.9 Å². The maximum atomic E-state index is 9.94. The molecule has 0 aromatic carbocycles. The van der Waals surface area contributed by atoms with Crippen molar-refractivity contribution in [2.24, 2.45) is 5.92 Å². The average Bonchev–Trinajstić information content (AvgIpc) is 2.79. The van der Waals surface area contributed by atoms with Crippen LogP contribution in [0.1, 0.15) is 66.9 Å². The molecule has 1 N–H and O–H groups in total. The molecule has 2 aromatic heterocycles. The summed E-state index contributed by atoms with van der Waals surface area (Å²) in [7, 11) is -2.40. The zero-order valence-corrected chi connectivity index (χ0v) is 17.5. The molecule has 164 valence electrons. The monoisotopic (exact) mass is 418 g/mol. The number of aromatic nitrogens is 3. The Morgan fingerprint density at radius 3 is 2.73 bits per heavy atom. The van der Waals surface area contributed by atoms with Crippen LogP contribution in [0.25, 0.3) is 10.9 Å². The van der Waals surface area contributed by atoms with Gasteiger partial charge >= 0.3 is 0 Å². The van der Waals surface area contributed by atoms with Gasteiger partial charge in [-0.15, -0.1) is 0 Å². The van der Waals surface area contributed by atoms with Crippen LogP contribution in [0.4, 0.5) is 0 Å². The fourth-order valence-corrected chi connectivity index (χ4v) is 4.40. The third-order valence-corrected chi connectivity index (χ3v) is 6.15. The molecule has 0 bridgehead atoms. The van der Waals surface area contributed by atoms with Gasteiger partial charge in [-0.2, -0.15) is 0 Å². The van der Waals surface area contributed by atoms with Crippen LogP contribution in [0, 0.1) is 5.92 Å². The maximum absolute atomic E-state index is 9.94. The molecule has 1 aliphatic heterocycles. The van der Waals surface area contributed by atoms with Crippen LogP contribution in [0.2, 0.25) is 0 Å². The van der Waals surface area contributed by atoms with E-state index < -0.39 is 7.04 Å². The van der Waals surface area contributed by atoms with E-state index >= 15 is 0 Å². The van der Waals surface area contributed by atoms with Gasteiger partial charge in [0, 0.05) is 50.9 Å². The second kappa shape index (κ2) is 9.98. The first-order valence-electron chi connectivity index (χ1n) is 12.5. The molecule has 1 saturated heterocycles. The highest BCUT2D eigenvalue weighted by atomic mass is 16.5. The molecule has 3 heterocycles. The normalized spacial score (nSPS) is 26.0. The van der Waals surface area contributed by atoms with Crippen LogP contribution in [0.15, 0.2) is 12.4 Å². The van der Waals surface area contributed by atoms with Gasteiger partial charge in [-0.1, -0.05) is 6.92 Å². The zero-order chi connectivity index (χ0) is 23.4. The summed E-state index contributed by atoms with van der Waals surface area (Å²) in [6.45, 7) is 3.40. The standard InChI is InChI=1S/C23H33N3O4/c1-15(14-28-2)11-21-24-13-20-22(26-21)19(16-3-5-17(27)6-4-16)12-25-23(20)30-18-7-9-29-10-8-18/h12-13,15-18,27H,3-11,14H2,1-2H3/t15-,16?,17?/m1/s1/i2D3. The first-order valence-corrected chi connectivity index (χ1v) is 11.0. The smallest absolute Gasteiger partial charge is 0.224 e. The number of aliphatic hydroxyl groups excluding tert-OH is 1. The lowest BCUT2D eigenvalue weighted by atomic mass is 9.82. The number of nitrogens with zero attached hydrogens (tertiary/aromatic N) is 3. The van der Waals surface area contributed by atoms with E-state index in [1.54, 1.807) is 6.20 Å². The van der Waals surface area contributed by atoms with Gasteiger partial charge in [-0.05, 0) is 37.5 Å². The van der Waals surface area contributed by atoms with Crippen molar-refractivity contribution in [1.29, 1.82) is 0 Å². The highest BCUT2D eigenvalue weighted by Gasteiger charge is 2.26. The average molecular weight is 419 g/mol. The van der Waals surface area contributed by atoms with E-state index in [9.17, 15) is 5.11 Å². The molecule has 0 radical (unpaired) electrons. The maximum Gasteiger partial charge on any atom is 0.224 e. The molecule has 30 heavy (non-hydrogen) atoms. The van der Waals surface area contributed by atoms with Crippen molar-refractivity contribution in [2.75, 3.05) is 26.9 Å². The molecule has 7 nitrogen and oxygen atoms in total. The van der Waals surface area contributed by atoms with Gasteiger partial charge in [0.2, 0.25) is 5.88 Å². The predicted octanol–water partition coefficient (Wildman–Crippen LogP) is 3.43. The summed E-state index contributed by atoms with van der Waals surface area (Å²) < 4.78 is 38.3. The molecule has 0 amide bonds. The Morgan fingerprint density at radius 2 is 1.97 bits per heavy atom. The highest BCUT2D eigenvalue weighted by molar-refractivity contribution is 5.85. The summed E-state index contributed by atoms with van der Waals surface area (Å²) in [5.74, 6) is 1.42. The van der Waals surface area contributed by atoms with E-state index in [0.717, 1.165) is 55.0 Å². The highest BCUT2D eigenvalue weighted by Crippen LogP contribution is 2.37. The van der Waals surface area contributed by atoms with Crippen LogP contribution in [-0.4, -0.2) is 59.1 Å². The Hall–Kier alpha value is -1.83. The summed E-state index contributed by atoms with van der Waals surface area (Å²) in [4.78, 5) is 14.1. The molecule has 0 unspecified atom stereocenters. The van der Waals surface area contributed by atoms with Gasteiger partial charge in [0.15, 0.2) is 0 Å². The van der Waals surface area contributed by atoms with E-state index in [2.05, 4.69) is 9.97 Å². The summed E-state index contributed by atoms with van der Waals surface area (Å²) in [5.41, 5.74) is 1.90. The molecule has 2 aromatic rings. The lowest BCUT2D eigenvalue weighted by Gasteiger charge is -2.27. The van der Waals surface area contributed by atoms with Crippen molar-refractivity contribution in [2.45, 2.75) is 70.0 Å². The van der Waals surface area contributed by atoms with Gasteiger partial charge in [-0.25, -0.2) is 15.0 Å². The number of pyridine rings is 1. The van der Waals surface area contributed by atoms with E-state index in [4.69, 9.17) is 23.3 Å². The third-order valence-electron chi connectivity index (χ3n) is 6.15. The van der Waals surface area contributed by atoms with Crippen LogP contribution in [-0.2, 0) is 15.9 Å². The van der Waals surface area contributed by atoms with Gasteiger partial charge < -0.3 is 19.3 Å². The minimum absolute atomic E-state index is 0.0454. The minimum atomic E-state index is -2.40. The molecule has 4 rings (SSSR count). The van der Waals surface area contributed by atoms with E-state index in [0.29, 0.717) is 31.3 Å². The summed E-state index contributed by atoms with van der Waals surface area (Å²) in [6.07, 6.45) is 8.95. The quantitative estimate of drug-likeness (QED) is 0.737. The summed E-state index contributed by atoms with van der Waals surface area (Å²) >= 11 is 0. The molecule has 7 heteroatoms. The lowest BCUT2D eigenvalue weighted by molar-refractivity contribution is 0.0244. The van der Waals surface area contributed by atoms with Crippen molar-refractivity contribution in [3.05, 3.63) is 23.8 Å². The Bertz CT molecular complexity index is 929. The summed E-state index contributed by atoms with van der Waals surface area (Å²) in [5, 5.41) is 10.7. The Balaban J connectivity index is 1.61. The minimum Gasteiger partial charge on any atom is -0.474 e. The second-order valence-corrected chi connectivity index (χ2v) is 8.62. The fourth-order valence-electron chi connectivity index (χ4n) is 4.40. The SMILES string of the molecule is [2H]C([2H])([2H])OC[C@H](C)Cc1ncc2c(OC3CCOCC3)ncc(C3CCC(O)CC3)c2n1. The number of aliphatic hydroxyl groups is 1. The Labute approximate surface area is 182 Å². The number of ether oxygens (including phenoxy) is 3. The first-order chi connectivity index (χ1) is 15.8. The lowest BCUT2D eigenvalue weighted by Crippen LogP contribution is -2.26. The molecule has 0 spiro atoms. The number of hydrogen-bond acceptors (Lipinski definition) is 7. The number of rotatable bonds is 7. The Kier molecular flexibility index (Phi) is 5.93. The molecule has 2 fully saturated rings. The van der Waals surface area contributed by atoms with Crippen LogP contribution >= 0.6 is 0 Å². The first kappa shape index (κ1) is 17.8. The van der Waals surface area contributed by atoms with Gasteiger partial charge in [0.1, 0.15) is 11.9 Å². The van der Waals surface area contributed by atoms with Crippen molar-refractivity contribution in [3.63, 3.8) is 0 Å². The van der Waals surface area contributed by atoms with Crippen LogP contribution in [0.3, 0.4) is 0 Å². The van der Waals surface area contributed by atoms with Crippen LogP contribution in [0.5, 0.6) is 5.88 Å². The van der Waals surface area contributed by atoms with Gasteiger partial charge in [-0.3, -0.25) is 0 Å². The van der Waals surface area contributed by atoms with E-state index in [1.807, 2.05) is 13.1 Å². The molecular weight excluding hydrogens is 382 g/mol. The number of fused-ring (bicyclic) bond motifs is 1. The summed E-state index contributed by atoms with van der Waals surface area (Å²) in [6, 6.07) is 0. The van der Waals surface area contributed by atoms with Gasteiger partial charge in [0.05, 0.1) is 34.3 Å². The van der Waals surface area contributed by atoms with Crippen molar-refractivity contribution in [3.8, 4) is 5.88 Å².